The molecule has 4 fully saturated rings. The topological polar surface area (TPSA) is 32.3 Å². The first-order chi connectivity index (χ1) is 8.36. The molecule has 0 aromatic carbocycles. The van der Waals surface area contributed by atoms with Crippen molar-refractivity contribution in [1.29, 1.82) is 0 Å². The van der Waals surface area contributed by atoms with Gasteiger partial charge in [0.25, 0.3) is 0 Å². The standard InChI is InChI=1S/C16H29NO/c1-11(17-10-15(2,3)18)16-7-12-4-13(8-16)6-14(5-12)9-16/h11-14,17-18H,4-10H2,1-3H3. The van der Waals surface area contributed by atoms with E-state index >= 15 is 0 Å². The lowest BCUT2D eigenvalue weighted by Gasteiger charge is -2.59. The predicted molar refractivity (Wildman–Crippen MR) is 74.4 cm³/mol. The van der Waals surface area contributed by atoms with Crippen LogP contribution in [0.2, 0.25) is 0 Å². The fraction of sp³-hybridized carbons (Fsp3) is 1.00. The maximum absolute atomic E-state index is 9.89. The Kier molecular flexibility index (Phi) is 3.02. The smallest absolute Gasteiger partial charge is 0.0715 e. The minimum atomic E-state index is -0.587. The third-order valence-electron chi connectivity index (χ3n) is 5.85. The summed E-state index contributed by atoms with van der Waals surface area (Å²) in [5.74, 6) is 3.05. The third kappa shape index (κ3) is 2.34. The van der Waals surface area contributed by atoms with Crippen LogP contribution in [0, 0.1) is 23.2 Å². The fourth-order valence-electron chi connectivity index (χ4n) is 5.33. The summed E-state index contributed by atoms with van der Waals surface area (Å²) in [6.45, 7) is 6.87. The summed E-state index contributed by atoms with van der Waals surface area (Å²) in [5.41, 5.74) is -0.0312. The molecule has 0 heterocycles. The molecule has 0 aliphatic heterocycles. The van der Waals surface area contributed by atoms with Crippen molar-refractivity contribution in [3.8, 4) is 0 Å². The zero-order valence-corrected chi connectivity index (χ0v) is 12.2. The molecular formula is C16H29NO. The lowest BCUT2D eigenvalue weighted by molar-refractivity contribution is -0.0731. The molecule has 4 saturated carbocycles. The van der Waals surface area contributed by atoms with Crippen molar-refractivity contribution in [3.63, 3.8) is 0 Å². The first-order valence-electron chi connectivity index (χ1n) is 7.82. The first kappa shape index (κ1) is 12.9. The molecule has 2 N–H and O–H groups in total. The molecule has 18 heavy (non-hydrogen) atoms. The van der Waals surface area contributed by atoms with Crippen molar-refractivity contribution in [2.45, 2.75) is 70.9 Å². The number of nitrogens with one attached hydrogen (secondary N) is 1. The van der Waals surface area contributed by atoms with E-state index in [0.29, 0.717) is 11.5 Å². The van der Waals surface area contributed by atoms with E-state index in [-0.39, 0.29) is 0 Å². The minimum absolute atomic E-state index is 0.556. The molecule has 4 bridgehead atoms. The normalized spacial score (nSPS) is 44.3. The second-order valence-electron chi connectivity index (χ2n) is 8.19. The van der Waals surface area contributed by atoms with Gasteiger partial charge in [0.15, 0.2) is 0 Å². The third-order valence-corrected chi connectivity index (χ3v) is 5.85. The van der Waals surface area contributed by atoms with Gasteiger partial charge in [-0.1, -0.05) is 0 Å². The maximum Gasteiger partial charge on any atom is 0.0715 e. The minimum Gasteiger partial charge on any atom is -0.389 e. The Balaban J connectivity index is 1.67. The van der Waals surface area contributed by atoms with E-state index in [1.54, 1.807) is 0 Å². The number of rotatable bonds is 4. The Labute approximate surface area is 112 Å². The molecule has 4 aliphatic rings. The zero-order chi connectivity index (χ0) is 13.0. The van der Waals surface area contributed by atoms with Gasteiger partial charge in [-0.25, -0.2) is 0 Å². The monoisotopic (exact) mass is 251 g/mol. The van der Waals surface area contributed by atoms with E-state index in [1.165, 1.54) is 38.5 Å². The summed E-state index contributed by atoms with van der Waals surface area (Å²) in [7, 11) is 0. The summed E-state index contributed by atoms with van der Waals surface area (Å²) in [5, 5.41) is 13.5. The van der Waals surface area contributed by atoms with Gasteiger partial charge in [0, 0.05) is 12.6 Å². The predicted octanol–water partition coefficient (Wildman–Crippen LogP) is 2.95. The van der Waals surface area contributed by atoms with Gasteiger partial charge in [0.05, 0.1) is 5.60 Å². The summed E-state index contributed by atoms with van der Waals surface area (Å²) in [6.07, 6.45) is 8.86. The molecule has 4 aliphatic carbocycles. The Morgan fingerprint density at radius 2 is 1.56 bits per heavy atom. The van der Waals surface area contributed by atoms with E-state index < -0.39 is 5.60 Å². The molecule has 0 radical (unpaired) electrons. The molecule has 0 aromatic heterocycles. The van der Waals surface area contributed by atoms with Gasteiger partial charge in [-0.05, 0) is 82.5 Å². The number of hydrogen-bond acceptors (Lipinski definition) is 2. The van der Waals surface area contributed by atoms with Crippen LogP contribution in [0.5, 0.6) is 0 Å². The molecular weight excluding hydrogens is 222 g/mol. The highest BCUT2D eigenvalue weighted by molar-refractivity contribution is 5.05. The molecule has 1 atom stereocenters. The van der Waals surface area contributed by atoms with Crippen molar-refractivity contribution in [2.24, 2.45) is 23.2 Å². The van der Waals surface area contributed by atoms with E-state index in [2.05, 4.69) is 12.2 Å². The van der Waals surface area contributed by atoms with Crippen LogP contribution in [-0.4, -0.2) is 23.3 Å². The number of aliphatic hydroxyl groups is 1. The van der Waals surface area contributed by atoms with E-state index in [1.807, 2.05) is 13.8 Å². The Morgan fingerprint density at radius 3 is 1.94 bits per heavy atom. The highest BCUT2D eigenvalue weighted by Gasteiger charge is 2.52. The van der Waals surface area contributed by atoms with Crippen LogP contribution in [-0.2, 0) is 0 Å². The Morgan fingerprint density at radius 1 is 1.11 bits per heavy atom. The van der Waals surface area contributed by atoms with Crippen molar-refractivity contribution in [3.05, 3.63) is 0 Å². The summed E-state index contributed by atoms with van der Waals surface area (Å²) in [4.78, 5) is 0. The summed E-state index contributed by atoms with van der Waals surface area (Å²) in [6, 6.07) is 0.567. The summed E-state index contributed by atoms with van der Waals surface area (Å²) < 4.78 is 0. The second kappa shape index (κ2) is 4.21. The molecule has 4 rings (SSSR count). The van der Waals surface area contributed by atoms with Gasteiger partial charge in [-0.15, -0.1) is 0 Å². The molecule has 0 saturated heterocycles. The van der Waals surface area contributed by atoms with Crippen LogP contribution < -0.4 is 5.32 Å². The van der Waals surface area contributed by atoms with Crippen LogP contribution in [0.25, 0.3) is 0 Å². The first-order valence-corrected chi connectivity index (χ1v) is 7.82. The van der Waals surface area contributed by atoms with Gasteiger partial charge in [0.2, 0.25) is 0 Å². The largest absolute Gasteiger partial charge is 0.389 e. The lowest BCUT2D eigenvalue weighted by Crippen LogP contribution is -2.56. The highest BCUT2D eigenvalue weighted by Crippen LogP contribution is 2.61. The van der Waals surface area contributed by atoms with Crippen LogP contribution in [0.1, 0.15) is 59.3 Å². The van der Waals surface area contributed by atoms with Crippen LogP contribution in [0.4, 0.5) is 0 Å². The quantitative estimate of drug-likeness (QED) is 0.805. The van der Waals surface area contributed by atoms with Crippen LogP contribution in [0.15, 0.2) is 0 Å². The molecule has 2 heteroatoms. The van der Waals surface area contributed by atoms with Crippen molar-refractivity contribution in [1.82, 2.24) is 5.32 Å². The van der Waals surface area contributed by atoms with Crippen molar-refractivity contribution < 1.29 is 5.11 Å². The van der Waals surface area contributed by atoms with Gasteiger partial charge in [-0.2, -0.15) is 0 Å². The average molecular weight is 251 g/mol. The molecule has 0 aromatic rings. The second-order valence-corrected chi connectivity index (χ2v) is 8.19. The molecule has 2 nitrogen and oxygen atoms in total. The molecule has 0 amide bonds. The van der Waals surface area contributed by atoms with Gasteiger partial charge >= 0.3 is 0 Å². The average Bonchev–Trinajstić information content (AvgIpc) is 2.22. The number of hydrogen-bond donors (Lipinski definition) is 2. The van der Waals surface area contributed by atoms with E-state index in [0.717, 1.165) is 24.3 Å². The summed E-state index contributed by atoms with van der Waals surface area (Å²) >= 11 is 0. The van der Waals surface area contributed by atoms with Crippen LogP contribution >= 0.6 is 0 Å². The zero-order valence-electron chi connectivity index (χ0n) is 12.2. The maximum atomic E-state index is 9.89. The van der Waals surface area contributed by atoms with Gasteiger partial charge < -0.3 is 10.4 Å². The van der Waals surface area contributed by atoms with Crippen molar-refractivity contribution in [2.75, 3.05) is 6.54 Å². The van der Waals surface area contributed by atoms with Crippen molar-refractivity contribution >= 4 is 0 Å². The SMILES string of the molecule is CC(NCC(C)(C)O)C12CC3CC(CC(C3)C1)C2. The molecule has 104 valence electrons. The lowest BCUT2D eigenvalue weighted by atomic mass is 9.48. The van der Waals surface area contributed by atoms with Gasteiger partial charge in [-0.3, -0.25) is 0 Å². The van der Waals surface area contributed by atoms with Gasteiger partial charge in [0.1, 0.15) is 0 Å². The van der Waals surface area contributed by atoms with Crippen LogP contribution in [0.3, 0.4) is 0 Å². The van der Waals surface area contributed by atoms with E-state index in [9.17, 15) is 5.11 Å². The van der Waals surface area contributed by atoms with E-state index in [4.69, 9.17) is 0 Å². The molecule has 0 spiro atoms. The highest BCUT2D eigenvalue weighted by atomic mass is 16.3. The molecule has 1 unspecified atom stereocenters. The Bertz CT molecular complexity index is 282. The Hall–Kier alpha value is -0.0800. The fourth-order valence-corrected chi connectivity index (χ4v) is 5.33.